The summed E-state index contributed by atoms with van der Waals surface area (Å²) in [5, 5.41) is 5.89. The lowest BCUT2D eigenvalue weighted by Crippen LogP contribution is -2.28. The molecule has 0 saturated heterocycles. The fourth-order valence-corrected chi connectivity index (χ4v) is 2.22. The Hall–Kier alpha value is 0.0700. The molecule has 88 valence electrons. The summed E-state index contributed by atoms with van der Waals surface area (Å²) in [5.74, 6) is 0.180. The molecule has 0 amide bonds. The zero-order chi connectivity index (χ0) is 12.3. The smallest absolute Gasteiger partial charge is 0.0857 e. The van der Waals surface area contributed by atoms with Gasteiger partial charge >= 0.3 is 0 Å². The molecule has 0 bridgehead atoms. The molecule has 0 aromatic rings. The molecule has 0 aliphatic carbocycles. The molecular formula is C11H14Br2ClN2+. The number of nitrogens with zero attached hydrogens (tertiary/aromatic N) is 2. The molecule has 0 aromatic carbocycles. The van der Waals surface area contributed by atoms with Gasteiger partial charge in [-0.2, -0.15) is 0 Å². The van der Waals surface area contributed by atoms with E-state index < -0.39 is 0 Å². The number of rotatable bonds is 2. The highest BCUT2D eigenvalue weighted by Gasteiger charge is 2.29. The highest BCUT2D eigenvalue weighted by Crippen LogP contribution is 2.22. The van der Waals surface area contributed by atoms with Gasteiger partial charge in [-0.15, -0.1) is 0 Å². The van der Waals surface area contributed by atoms with Crippen molar-refractivity contribution in [2.75, 3.05) is 12.4 Å². The van der Waals surface area contributed by atoms with Gasteiger partial charge in [0, 0.05) is 0 Å². The van der Waals surface area contributed by atoms with E-state index in [-0.39, 0.29) is 5.92 Å². The van der Waals surface area contributed by atoms with Gasteiger partial charge in [-0.1, -0.05) is 48.7 Å². The third-order valence-electron chi connectivity index (χ3n) is 2.36. The molecular weight excluding hydrogens is 355 g/mol. The first-order valence-electron chi connectivity index (χ1n) is 4.91. The summed E-state index contributed by atoms with van der Waals surface area (Å²) in [6.07, 6.45) is 4.07. The van der Waals surface area contributed by atoms with E-state index in [1.165, 1.54) is 0 Å². The average molecular weight is 370 g/mol. The highest BCUT2D eigenvalue weighted by molar-refractivity contribution is 9.11. The second kappa shape index (κ2) is 6.12. The van der Waals surface area contributed by atoms with Crippen molar-refractivity contribution in [3.8, 4) is 0 Å². The lowest BCUT2D eigenvalue weighted by Gasteiger charge is -2.16. The molecule has 16 heavy (non-hydrogen) atoms. The van der Waals surface area contributed by atoms with Crippen molar-refractivity contribution in [1.82, 2.24) is 0 Å². The van der Waals surface area contributed by atoms with E-state index in [2.05, 4.69) is 50.0 Å². The molecule has 1 atom stereocenters. The van der Waals surface area contributed by atoms with Crippen LogP contribution >= 0.6 is 43.5 Å². The maximum Gasteiger partial charge on any atom is 0.283 e. The van der Waals surface area contributed by atoms with E-state index in [1.54, 1.807) is 4.68 Å². The van der Waals surface area contributed by atoms with Gasteiger partial charge in [-0.05, 0) is 40.6 Å². The molecule has 0 spiro atoms. The van der Waals surface area contributed by atoms with E-state index in [4.69, 9.17) is 11.6 Å². The van der Waals surface area contributed by atoms with Crippen LogP contribution in [0.15, 0.2) is 27.3 Å². The Labute approximate surface area is 118 Å². The number of hydrogen-bond donors (Lipinski definition) is 0. The van der Waals surface area contributed by atoms with Crippen LogP contribution in [0.2, 0.25) is 0 Å². The molecule has 2 nitrogen and oxygen atoms in total. The van der Waals surface area contributed by atoms with Gasteiger partial charge in [-0.3, -0.25) is 0 Å². The highest BCUT2D eigenvalue weighted by atomic mass is 79.9. The molecule has 0 saturated carbocycles. The Kier molecular flexibility index (Phi) is 5.41. The molecule has 1 aliphatic rings. The van der Waals surface area contributed by atoms with E-state index in [1.807, 2.05) is 20.0 Å². The minimum Gasteiger partial charge on any atom is -0.0857 e. The topological polar surface area (TPSA) is 15.4 Å². The minimum absolute atomic E-state index is 0.180. The summed E-state index contributed by atoms with van der Waals surface area (Å²) in [6, 6.07) is 0. The SMILES string of the molecule is C/C(Br)=C\C=C1\C(CBr)=N[N+](C)=C(Cl)C1C. The van der Waals surface area contributed by atoms with Crippen molar-refractivity contribution >= 4 is 54.3 Å². The van der Waals surface area contributed by atoms with Gasteiger partial charge in [-0.25, -0.2) is 0 Å². The Morgan fingerprint density at radius 1 is 1.62 bits per heavy atom. The number of hydrogen-bond acceptors (Lipinski definition) is 1. The van der Waals surface area contributed by atoms with Crippen molar-refractivity contribution in [3.63, 3.8) is 0 Å². The Balaban J connectivity index is 3.16. The van der Waals surface area contributed by atoms with Crippen LogP contribution in [-0.2, 0) is 0 Å². The zero-order valence-electron chi connectivity index (χ0n) is 9.47. The summed E-state index contributed by atoms with van der Waals surface area (Å²) in [6.45, 7) is 4.08. The van der Waals surface area contributed by atoms with Crippen molar-refractivity contribution < 1.29 is 4.68 Å². The predicted molar refractivity (Wildman–Crippen MR) is 78.2 cm³/mol. The maximum atomic E-state index is 6.20. The Morgan fingerprint density at radius 3 is 2.75 bits per heavy atom. The van der Waals surface area contributed by atoms with Crippen molar-refractivity contribution in [1.29, 1.82) is 0 Å². The van der Waals surface area contributed by atoms with Crippen LogP contribution in [0.3, 0.4) is 0 Å². The first kappa shape index (κ1) is 14.1. The quantitative estimate of drug-likeness (QED) is 0.518. The first-order valence-corrected chi connectivity index (χ1v) is 7.20. The van der Waals surface area contributed by atoms with Crippen LogP contribution < -0.4 is 0 Å². The van der Waals surface area contributed by atoms with Crippen LogP contribution in [-0.4, -0.2) is 27.9 Å². The summed E-state index contributed by atoms with van der Waals surface area (Å²) in [5.41, 5.74) is 2.17. The number of alkyl halides is 1. The van der Waals surface area contributed by atoms with Gasteiger partial charge in [0.05, 0.1) is 11.2 Å². The summed E-state index contributed by atoms with van der Waals surface area (Å²) in [7, 11) is 1.86. The normalized spacial score (nSPS) is 25.1. The lowest BCUT2D eigenvalue weighted by atomic mass is 9.96. The van der Waals surface area contributed by atoms with Gasteiger partial charge in [0.1, 0.15) is 5.71 Å². The molecule has 1 heterocycles. The maximum absolute atomic E-state index is 6.20. The van der Waals surface area contributed by atoms with Crippen LogP contribution in [0.25, 0.3) is 0 Å². The molecule has 0 N–H and O–H groups in total. The lowest BCUT2D eigenvalue weighted by molar-refractivity contribution is -0.503. The first-order chi connectivity index (χ1) is 7.47. The van der Waals surface area contributed by atoms with E-state index in [0.29, 0.717) is 0 Å². The Morgan fingerprint density at radius 2 is 2.25 bits per heavy atom. The minimum atomic E-state index is 0.180. The van der Waals surface area contributed by atoms with Gasteiger partial charge in [0.25, 0.3) is 5.17 Å². The molecule has 0 radical (unpaired) electrons. The largest absolute Gasteiger partial charge is 0.283 e. The second-order valence-corrected chi connectivity index (χ2v) is 5.82. The molecule has 1 unspecified atom stereocenters. The fourth-order valence-electron chi connectivity index (χ4n) is 1.49. The van der Waals surface area contributed by atoms with Crippen molar-refractivity contribution in [2.24, 2.45) is 11.0 Å². The third kappa shape index (κ3) is 3.28. The zero-order valence-corrected chi connectivity index (χ0v) is 13.4. The fraction of sp³-hybridized carbons (Fsp3) is 0.455. The number of halogens is 3. The Bertz CT molecular complexity index is 404. The van der Waals surface area contributed by atoms with E-state index in [9.17, 15) is 0 Å². The molecule has 0 aromatic heterocycles. The molecule has 5 heteroatoms. The standard InChI is InChI=1S/C11H14Br2ClN2/c1-7(13)4-5-9-8(2)11(14)16(3)15-10(9)6-12/h4-5,8H,6H2,1-3H3/q+1/b7-4+,9-5+. The number of allylic oxidation sites excluding steroid dienone is 4. The van der Waals surface area contributed by atoms with Crippen LogP contribution in [0.4, 0.5) is 0 Å². The molecule has 0 fully saturated rings. The second-order valence-electron chi connectivity index (χ2n) is 3.62. The average Bonchev–Trinajstić information content (AvgIpc) is 2.23. The predicted octanol–water partition coefficient (Wildman–Crippen LogP) is 3.89. The van der Waals surface area contributed by atoms with Crippen LogP contribution in [0.5, 0.6) is 0 Å². The van der Waals surface area contributed by atoms with Gasteiger partial charge in [0.15, 0.2) is 7.05 Å². The monoisotopic (exact) mass is 367 g/mol. The van der Waals surface area contributed by atoms with Gasteiger partial charge < -0.3 is 0 Å². The molecule has 1 rings (SSSR count). The van der Waals surface area contributed by atoms with Crippen LogP contribution in [0.1, 0.15) is 13.8 Å². The van der Waals surface area contributed by atoms with E-state index in [0.717, 1.165) is 26.3 Å². The van der Waals surface area contributed by atoms with Crippen molar-refractivity contribution in [3.05, 3.63) is 22.2 Å². The summed E-state index contributed by atoms with van der Waals surface area (Å²) >= 11 is 13.1. The van der Waals surface area contributed by atoms with Crippen molar-refractivity contribution in [2.45, 2.75) is 13.8 Å². The summed E-state index contributed by atoms with van der Waals surface area (Å²) in [4.78, 5) is 0. The van der Waals surface area contributed by atoms with Crippen LogP contribution in [0, 0.1) is 5.92 Å². The number of hydrazone groups is 1. The third-order valence-corrected chi connectivity index (χ3v) is 3.72. The van der Waals surface area contributed by atoms with Gasteiger partial charge in [0.2, 0.25) is 0 Å². The van der Waals surface area contributed by atoms with E-state index >= 15 is 0 Å². The molecule has 1 aliphatic heterocycles. The summed E-state index contributed by atoms with van der Waals surface area (Å²) < 4.78 is 2.81.